The maximum absolute atomic E-state index is 14.0. The van der Waals surface area contributed by atoms with Gasteiger partial charge in [-0.05, 0) is 68.2 Å². The summed E-state index contributed by atoms with van der Waals surface area (Å²) in [7, 11) is -1.35. The molecule has 35 heavy (non-hydrogen) atoms. The molecular weight excluding hydrogens is 484 g/mol. The molecule has 0 spiro atoms. The Hall–Kier alpha value is -2.69. The van der Waals surface area contributed by atoms with Crippen LogP contribution in [0.3, 0.4) is 0 Å². The highest BCUT2D eigenvalue weighted by atomic mass is 32.2. The number of alkyl halides is 3. The lowest BCUT2D eigenvalue weighted by atomic mass is 9.86. The number of benzene rings is 1. The summed E-state index contributed by atoms with van der Waals surface area (Å²) in [6.07, 6.45) is 2.25. The number of halogens is 4. The van der Waals surface area contributed by atoms with Crippen LogP contribution in [0, 0.1) is 11.7 Å². The van der Waals surface area contributed by atoms with Crippen LogP contribution < -0.4 is 4.90 Å². The highest BCUT2D eigenvalue weighted by Crippen LogP contribution is 2.33. The fourth-order valence-corrected chi connectivity index (χ4v) is 6.67. The Kier molecular flexibility index (Phi) is 7.35. The molecule has 0 amide bonds. The minimum absolute atomic E-state index is 0.0603. The van der Waals surface area contributed by atoms with Gasteiger partial charge in [-0.25, -0.2) is 22.8 Å². The Labute approximate surface area is 201 Å². The molecule has 1 aliphatic rings. The third kappa shape index (κ3) is 6.12. The fourth-order valence-electron chi connectivity index (χ4n) is 4.86. The van der Waals surface area contributed by atoms with Crippen molar-refractivity contribution in [3.05, 3.63) is 53.7 Å². The maximum Gasteiger partial charge on any atom is 0.416 e. The zero-order valence-electron chi connectivity index (χ0n) is 19.4. The van der Waals surface area contributed by atoms with Gasteiger partial charge < -0.3 is 9.88 Å². The first-order valence-electron chi connectivity index (χ1n) is 11.6. The van der Waals surface area contributed by atoms with Crippen LogP contribution in [0.4, 0.5) is 23.4 Å². The van der Waals surface area contributed by atoms with E-state index in [0.717, 1.165) is 54.7 Å². The van der Waals surface area contributed by atoms with Gasteiger partial charge >= 0.3 is 6.18 Å². The number of aromatic nitrogens is 3. The zero-order chi connectivity index (χ0) is 25.2. The van der Waals surface area contributed by atoms with E-state index in [-0.39, 0.29) is 41.9 Å². The van der Waals surface area contributed by atoms with Crippen molar-refractivity contribution >= 4 is 26.7 Å². The molecule has 0 saturated heterocycles. The topological polar surface area (TPSA) is 79.0 Å². The zero-order valence-corrected chi connectivity index (χ0v) is 20.2. The SMILES string of the molecule is CN(c1ncnc2[nH]ccc12)C1CCC(CS(=O)(=O)CCCc2ccc(C(F)(F)F)cc2F)CC1. The Bertz CT molecular complexity index is 1270. The van der Waals surface area contributed by atoms with Crippen molar-refractivity contribution in [1.82, 2.24) is 15.0 Å². The van der Waals surface area contributed by atoms with E-state index in [1.54, 1.807) is 0 Å². The number of aryl methyl sites for hydroxylation is 1. The normalized spacial score (nSPS) is 19.2. The fraction of sp³-hybridized carbons (Fsp3) is 0.500. The summed E-state index contributed by atoms with van der Waals surface area (Å²) in [5, 5.41) is 0.948. The molecule has 0 aliphatic heterocycles. The smallest absolute Gasteiger partial charge is 0.356 e. The number of fused-ring (bicyclic) bond motifs is 1. The summed E-state index contributed by atoms with van der Waals surface area (Å²) in [6, 6.07) is 4.56. The second kappa shape index (κ2) is 10.1. The van der Waals surface area contributed by atoms with Gasteiger partial charge in [-0.1, -0.05) is 6.07 Å². The molecule has 1 N–H and O–H groups in total. The molecule has 4 rings (SSSR count). The van der Waals surface area contributed by atoms with Crippen molar-refractivity contribution in [2.24, 2.45) is 5.92 Å². The monoisotopic (exact) mass is 512 g/mol. The molecule has 6 nitrogen and oxygen atoms in total. The molecule has 2 aromatic heterocycles. The first kappa shape index (κ1) is 25.4. The summed E-state index contributed by atoms with van der Waals surface area (Å²) in [5.74, 6) is -0.0815. The van der Waals surface area contributed by atoms with E-state index < -0.39 is 27.4 Å². The van der Waals surface area contributed by atoms with Crippen LogP contribution in [-0.2, 0) is 22.4 Å². The second-order valence-corrected chi connectivity index (χ2v) is 11.5. The van der Waals surface area contributed by atoms with Crippen LogP contribution in [0.5, 0.6) is 0 Å². The standard InChI is InChI=1S/C24H28F4N4O2S/c1-32(23-20-10-11-29-22(20)30-15-31-23)19-8-4-16(5-9-19)14-35(33,34)12-2-3-17-6-7-18(13-21(17)25)24(26,27)28/h6-7,10-11,13,15-16,19H,2-5,8-9,12,14H2,1H3,(H,29,30,31). The third-order valence-electron chi connectivity index (χ3n) is 6.80. The van der Waals surface area contributed by atoms with Crippen molar-refractivity contribution < 1.29 is 26.0 Å². The Morgan fingerprint density at radius 3 is 2.54 bits per heavy atom. The highest BCUT2D eigenvalue weighted by Gasteiger charge is 2.31. The number of aromatic amines is 1. The lowest BCUT2D eigenvalue weighted by Gasteiger charge is -2.35. The molecule has 1 fully saturated rings. The van der Waals surface area contributed by atoms with E-state index in [4.69, 9.17) is 0 Å². The quantitative estimate of drug-likeness (QED) is 0.422. The summed E-state index contributed by atoms with van der Waals surface area (Å²) in [5.41, 5.74) is -0.180. The molecule has 11 heteroatoms. The average Bonchev–Trinajstić information content (AvgIpc) is 3.28. The van der Waals surface area contributed by atoms with Gasteiger partial charge in [-0.2, -0.15) is 13.2 Å². The molecule has 3 aromatic rings. The molecular formula is C24H28F4N4O2S. The predicted octanol–water partition coefficient (Wildman–Crippen LogP) is 5.16. The van der Waals surface area contributed by atoms with E-state index in [0.29, 0.717) is 6.07 Å². The van der Waals surface area contributed by atoms with Crippen molar-refractivity contribution in [3.63, 3.8) is 0 Å². The number of hydrogen-bond donors (Lipinski definition) is 1. The molecule has 0 atom stereocenters. The highest BCUT2D eigenvalue weighted by molar-refractivity contribution is 7.91. The molecule has 1 saturated carbocycles. The first-order chi connectivity index (χ1) is 16.5. The molecule has 1 aromatic carbocycles. The van der Waals surface area contributed by atoms with Crippen molar-refractivity contribution in [3.8, 4) is 0 Å². The van der Waals surface area contributed by atoms with E-state index in [1.807, 2.05) is 19.3 Å². The van der Waals surface area contributed by atoms with Crippen LogP contribution >= 0.6 is 0 Å². The van der Waals surface area contributed by atoms with Crippen LogP contribution in [0.15, 0.2) is 36.8 Å². The number of hydrogen-bond acceptors (Lipinski definition) is 5. The molecule has 0 radical (unpaired) electrons. The minimum atomic E-state index is -4.61. The number of H-pyrrole nitrogens is 1. The largest absolute Gasteiger partial charge is 0.416 e. The first-order valence-corrected chi connectivity index (χ1v) is 13.4. The number of anilines is 1. The summed E-state index contributed by atoms with van der Waals surface area (Å²) in [6.45, 7) is 0. The number of nitrogens with one attached hydrogen (secondary N) is 1. The van der Waals surface area contributed by atoms with Crippen LogP contribution in [0.1, 0.15) is 43.2 Å². The van der Waals surface area contributed by atoms with Gasteiger partial charge in [0.05, 0.1) is 22.5 Å². The van der Waals surface area contributed by atoms with Gasteiger partial charge in [0.1, 0.15) is 23.6 Å². The molecule has 2 heterocycles. The van der Waals surface area contributed by atoms with Gasteiger partial charge in [0.25, 0.3) is 0 Å². The summed E-state index contributed by atoms with van der Waals surface area (Å²) in [4.78, 5) is 13.9. The second-order valence-electron chi connectivity index (χ2n) is 9.24. The van der Waals surface area contributed by atoms with Gasteiger partial charge in [-0.3, -0.25) is 0 Å². The third-order valence-corrected chi connectivity index (χ3v) is 8.69. The van der Waals surface area contributed by atoms with Crippen molar-refractivity contribution in [1.29, 1.82) is 0 Å². The average molecular weight is 513 g/mol. The number of sulfone groups is 1. The Balaban J connectivity index is 1.26. The Morgan fingerprint density at radius 1 is 1.11 bits per heavy atom. The Morgan fingerprint density at radius 2 is 1.86 bits per heavy atom. The molecule has 0 bridgehead atoms. The van der Waals surface area contributed by atoms with Gasteiger partial charge in [0.15, 0.2) is 9.84 Å². The lowest BCUT2D eigenvalue weighted by molar-refractivity contribution is -0.137. The van der Waals surface area contributed by atoms with Crippen LogP contribution in [0.25, 0.3) is 11.0 Å². The van der Waals surface area contributed by atoms with Gasteiger partial charge in [-0.15, -0.1) is 0 Å². The number of rotatable bonds is 8. The lowest BCUT2D eigenvalue weighted by Crippen LogP contribution is -2.37. The molecule has 0 unspecified atom stereocenters. The van der Waals surface area contributed by atoms with Crippen LogP contribution in [0.2, 0.25) is 0 Å². The predicted molar refractivity (Wildman–Crippen MR) is 126 cm³/mol. The van der Waals surface area contributed by atoms with E-state index >= 15 is 0 Å². The number of nitrogens with zero attached hydrogens (tertiary/aromatic N) is 3. The summed E-state index contributed by atoms with van der Waals surface area (Å²) < 4.78 is 77.3. The molecule has 1 aliphatic carbocycles. The molecule has 190 valence electrons. The van der Waals surface area contributed by atoms with E-state index in [2.05, 4.69) is 19.9 Å². The maximum atomic E-state index is 14.0. The summed E-state index contributed by atoms with van der Waals surface area (Å²) >= 11 is 0. The van der Waals surface area contributed by atoms with Crippen molar-refractivity contribution in [2.75, 3.05) is 23.5 Å². The van der Waals surface area contributed by atoms with Gasteiger partial charge in [0.2, 0.25) is 0 Å². The van der Waals surface area contributed by atoms with Crippen molar-refractivity contribution in [2.45, 2.75) is 50.7 Å². The van der Waals surface area contributed by atoms with Crippen LogP contribution in [-0.4, -0.2) is 48.0 Å². The van der Waals surface area contributed by atoms with E-state index in [9.17, 15) is 26.0 Å². The minimum Gasteiger partial charge on any atom is -0.356 e. The van der Waals surface area contributed by atoms with Gasteiger partial charge in [0, 0.05) is 19.3 Å². The van der Waals surface area contributed by atoms with E-state index in [1.165, 1.54) is 6.33 Å².